The van der Waals surface area contributed by atoms with E-state index in [1.807, 2.05) is 6.92 Å². The molecule has 4 atom stereocenters. The van der Waals surface area contributed by atoms with Crippen molar-refractivity contribution in [3.05, 3.63) is 0 Å². The molecule has 2 aliphatic rings. The third-order valence-corrected chi connectivity index (χ3v) is 3.99. The van der Waals surface area contributed by atoms with Gasteiger partial charge >= 0.3 is 11.9 Å². The number of rotatable bonds is 3. The molecular weight excluding hydrogens is 238 g/mol. The number of carboxylic acid groups (broad SMARTS) is 2. The molecule has 0 spiro atoms. The van der Waals surface area contributed by atoms with Gasteiger partial charge in [-0.25, -0.2) is 0 Å². The fourth-order valence-electron chi connectivity index (χ4n) is 2.60. The highest BCUT2D eigenvalue weighted by Crippen LogP contribution is 2.40. The van der Waals surface area contributed by atoms with Crippen molar-refractivity contribution in [2.45, 2.75) is 19.8 Å². The maximum Gasteiger partial charge on any atom is 0.309 e. The summed E-state index contributed by atoms with van der Waals surface area (Å²) in [5, 5.41) is 18.0. The molecule has 2 N–H and O–H groups in total. The van der Waals surface area contributed by atoms with Gasteiger partial charge in [-0.15, -0.1) is 0 Å². The minimum atomic E-state index is -1.14. The van der Waals surface area contributed by atoms with Gasteiger partial charge in [-0.1, -0.05) is 6.92 Å². The maximum atomic E-state index is 12.0. The number of carbonyl (C=O) groups is 3. The predicted octanol–water partition coefficient (Wildman–Crippen LogP) is 0.276. The molecule has 18 heavy (non-hydrogen) atoms. The van der Waals surface area contributed by atoms with Crippen molar-refractivity contribution in [1.29, 1.82) is 0 Å². The first-order chi connectivity index (χ1) is 8.41. The number of hydrogen-bond donors (Lipinski definition) is 2. The quantitative estimate of drug-likeness (QED) is 0.755. The van der Waals surface area contributed by atoms with E-state index >= 15 is 0 Å². The Morgan fingerprint density at radius 1 is 1.06 bits per heavy atom. The molecule has 0 aromatic carbocycles. The Balaban J connectivity index is 2.04. The number of piperidine rings is 1. The number of hydrogen-bond acceptors (Lipinski definition) is 3. The summed E-state index contributed by atoms with van der Waals surface area (Å²) < 4.78 is 0. The summed E-state index contributed by atoms with van der Waals surface area (Å²) in [6.07, 6.45) is 1.08. The van der Waals surface area contributed by atoms with Crippen molar-refractivity contribution in [2.24, 2.45) is 23.7 Å². The van der Waals surface area contributed by atoms with Gasteiger partial charge in [0.15, 0.2) is 0 Å². The molecule has 1 amide bonds. The number of carbonyl (C=O) groups excluding carboxylic acids is 1. The molecule has 0 bridgehead atoms. The zero-order valence-corrected chi connectivity index (χ0v) is 10.2. The van der Waals surface area contributed by atoms with Crippen molar-refractivity contribution < 1.29 is 24.6 Å². The van der Waals surface area contributed by atoms with Gasteiger partial charge in [0, 0.05) is 19.0 Å². The van der Waals surface area contributed by atoms with Crippen LogP contribution in [0.4, 0.5) is 0 Å². The van der Waals surface area contributed by atoms with E-state index in [0.717, 1.165) is 6.42 Å². The van der Waals surface area contributed by atoms with Crippen LogP contribution in [0.2, 0.25) is 0 Å². The summed E-state index contributed by atoms with van der Waals surface area (Å²) in [4.78, 5) is 35.6. The van der Waals surface area contributed by atoms with E-state index in [9.17, 15) is 14.4 Å². The molecule has 1 saturated carbocycles. The summed E-state index contributed by atoms with van der Waals surface area (Å²) in [6.45, 7) is 2.36. The Morgan fingerprint density at radius 2 is 1.61 bits per heavy atom. The van der Waals surface area contributed by atoms with E-state index in [2.05, 4.69) is 0 Å². The third-order valence-electron chi connectivity index (χ3n) is 3.99. The summed E-state index contributed by atoms with van der Waals surface area (Å²) in [6, 6.07) is 0. The van der Waals surface area contributed by atoms with Crippen LogP contribution in [0.15, 0.2) is 0 Å². The molecule has 4 unspecified atom stereocenters. The van der Waals surface area contributed by atoms with Crippen LogP contribution in [-0.2, 0) is 14.4 Å². The van der Waals surface area contributed by atoms with Gasteiger partial charge in [0.2, 0.25) is 5.91 Å². The molecule has 0 aromatic rings. The van der Waals surface area contributed by atoms with Crippen molar-refractivity contribution in [3.8, 4) is 0 Å². The average Bonchev–Trinajstić information content (AvgIpc) is 3.04. The van der Waals surface area contributed by atoms with E-state index in [1.54, 1.807) is 0 Å². The minimum Gasteiger partial charge on any atom is -0.481 e. The van der Waals surface area contributed by atoms with Crippen LogP contribution in [-0.4, -0.2) is 46.0 Å². The van der Waals surface area contributed by atoms with E-state index in [4.69, 9.17) is 10.2 Å². The summed E-state index contributed by atoms with van der Waals surface area (Å²) in [5.41, 5.74) is 0. The van der Waals surface area contributed by atoms with Crippen molar-refractivity contribution in [3.63, 3.8) is 0 Å². The number of nitrogens with zero attached hydrogens (tertiary/aromatic N) is 1. The lowest BCUT2D eigenvalue weighted by atomic mass is 9.85. The highest BCUT2D eigenvalue weighted by atomic mass is 16.4. The van der Waals surface area contributed by atoms with Crippen molar-refractivity contribution in [2.75, 3.05) is 13.1 Å². The zero-order valence-electron chi connectivity index (χ0n) is 10.2. The van der Waals surface area contributed by atoms with Crippen LogP contribution < -0.4 is 0 Å². The van der Waals surface area contributed by atoms with Gasteiger partial charge in [0.05, 0.1) is 11.8 Å². The van der Waals surface area contributed by atoms with E-state index in [1.165, 1.54) is 4.90 Å². The van der Waals surface area contributed by atoms with Crippen LogP contribution in [0.3, 0.4) is 0 Å². The summed E-state index contributed by atoms with van der Waals surface area (Å²) in [5.74, 6) is -3.73. The molecule has 100 valence electrons. The molecule has 0 aromatic heterocycles. The molecule has 2 fully saturated rings. The van der Waals surface area contributed by atoms with E-state index < -0.39 is 23.8 Å². The molecule has 1 aliphatic heterocycles. The Bertz CT molecular complexity index is 394. The van der Waals surface area contributed by atoms with Crippen LogP contribution >= 0.6 is 0 Å². The largest absolute Gasteiger partial charge is 0.481 e. The Morgan fingerprint density at radius 3 is 2.06 bits per heavy atom. The molecule has 2 rings (SSSR count). The highest BCUT2D eigenvalue weighted by Gasteiger charge is 2.45. The maximum absolute atomic E-state index is 12.0. The first kappa shape index (κ1) is 12.9. The van der Waals surface area contributed by atoms with Crippen LogP contribution in [0.1, 0.15) is 19.8 Å². The van der Waals surface area contributed by atoms with Gasteiger partial charge in [-0.3, -0.25) is 14.4 Å². The number of aliphatic carboxylic acids is 2. The molecule has 6 nitrogen and oxygen atoms in total. The first-order valence-electron chi connectivity index (χ1n) is 6.16. The van der Waals surface area contributed by atoms with Crippen LogP contribution in [0.25, 0.3) is 0 Å². The summed E-state index contributed by atoms with van der Waals surface area (Å²) >= 11 is 0. The van der Waals surface area contributed by atoms with E-state index in [0.29, 0.717) is 12.5 Å². The fraction of sp³-hybridized carbons (Fsp3) is 0.750. The lowest BCUT2D eigenvalue weighted by molar-refractivity contribution is -0.159. The van der Waals surface area contributed by atoms with Gasteiger partial charge in [-0.05, 0) is 18.8 Å². The first-order valence-corrected chi connectivity index (χ1v) is 6.16. The van der Waals surface area contributed by atoms with Gasteiger partial charge in [-0.2, -0.15) is 0 Å². The molecule has 0 radical (unpaired) electrons. The second-order valence-electron chi connectivity index (χ2n) is 5.28. The lowest BCUT2D eigenvalue weighted by Gasteiger charge is -2.34. The van der Waals surface area contributed by atoms with Crippen molar-refractivity contribution in [1.82, 2.24) is 4.90 Å². The van der Waals surface area contributed by atoms with E-state index in [-0.39, 0.29) is 24.8 Å². The highest BCUT2D eigenvalue weighted by molar-refractivity contribution is 5.84. The SMILES string of the molecule is CC1CC1C(=O)N1CCC(C(=O)O)C(C(=O)O)C1. The molecule has 1 heterocycles. The monoisotopic (exact) mass is 255 g/mol. The Hall–Kier alpha value is -1.59. The Labute approximate surface area is 105 Å². The number of carboxylic acids is 2. The predicted molar refractivity (Wildman–Crippen MR) is 60.7 cm³/mol. The molecule has 1 saturated heterocycles. The van der Waals surface area contributed by atoms with Gasteiger partial charge in [0.25, 0.3) is 0 Å². The second-order valence-corrected chi connectivity index (χ2v) is 5.28. The number of amides is 1. The third kappa shape index (κ3) is 2.32. The fourth-order valence-corrected chi connectivity index (χ4v) is 2.60. The summed E-state index contributed by atoms with van der Waals surface area (Å²) in [7, 11) is 0. The standard InChI is InChI=1S/C12H17NO5/c1-6-4-8(6)10(14)13-3-2-7(11(15)16)9(5-13)12(17)18/h6-9H,2-5H2,1H3,(H,15,16)(H,17,18). The van der Waals surface area contributed by atoms with Crippen molar-refractivity contribution >= 4 is 17.8 Å². The number of likely N-dealkylation sites (tertiary alicyclic amines) is 1. The lowest BCUT2D eigenvalue weighted by Crippen LogP contribution is -2.49. The average molecular weight is 255 g/mol. The van der Waals surface area contributed by atoms with Gasteiger partial charge < -0.3 is 15.1 Å². The van der Waals surface area contributed by atoms with Gasteiger partial charge in [0.1, 0.15) is 0 Å². The normalized spacial score (nSPS) is 35.1. The second kappa shape index (κ2) is 4.59. The smallest absolute Gasteiger partial charge is 0.309 e. The van der Waals surface area contributed by atoms with Crippen LogP contribution in [0.5, 0.6) is 0 Å². The Kier molecular flexibility index (Phi) is 3.28. The topological polar surface area (TPSA) is 94.9 Å². The molecule has 1 aliphatic carbocycles. The zero-order chi connectivity index (χ0) is 13.4. The minimum absolute atomic E-state index is 0.0147. The van der Waals surface area contributed by atoms with Crippen LogP contribution in [0, 0.1) is 23.7 Å². The molecular formula is C12H17NO5. The molecule has 6 heteroatoms.